The summed E-state index contributed by atoms with van der Waals surface area (Å²) in [6.07, 6.45) is 1.57. The molecular formula is C9H17ClN4. The third-order valence-electron chi connectivity index (χ3n) is 2.54. The minimum atomic E-state index is -0.0203. The van der Waals surface area contributed by atoms with Gasteiger partial charge in [-0.2, -0.15) is 5.10 Å². The second kappa shape index (κ2) is 4.28. The van der Waals surface area contributed by atoms with Crippen LogP contribution in [-0.4, -0.2) is 38.1 Å². The number of nitrogens with zero attached hydrogens (tertiary/aromatic N) is 4. The number of hydrogen-bond acceptors (Lipinski definition) is 3. The Hall–Kier alpha value is -0.610. The van der Waals surface area contributed by atoms with Gasteiger partial charge >= 0.3 is 0 Å². The van der Waals surface area contributed by atoms with E-state index in [1.165, 1.54) is 0 Å². The molecule has 0 spiro atoms. The largest absolute Gasteiger partial charge is 0.293 e. The Morgan fingerprint density at radius 3 is 2.64 bits per heavy atom. The van der Waals surface area contributed by atoms with E-state index in [0.29, 0.717) is 5.88 Å². The monoisotopic (exact) mass is 216 g/mol. The Morgan fingerprint density at radius 2 is 2.21 bits per heavy atom. The predicted octanol–water partition coefficient (Wildman–Crippen LogP) is 1.26. The molecule has 4 nitrogen and oxygen atoms in total. The van der Waals surface area contributed by atoms with Gasteiger partial charge in [0.15, 0.2) is 0 Å². The van der Waals surface area contributed by atoms with E-state index >= 15 is 0 Å². The van der Waals surface area contributed by atoms with Crippen molar-refractivity contribution in [2.75, 3.05) is 12.9 Å². The minimum absolute atomic E-state index is 0.0203. The molecule has 0 amide bonds. The summed E-state index contributed by atoms with van der Waals surface area (Å²) in [6, 6.07) is 0. The van der Waals surface area contributed by atoms with Crippen molar-refractivity contribution < 1.29 is 0 Å². The molecule has 1 aromatic rings. The molecule has 0 aliphatic carbocycles. The second-order valence-electron chi connectivity index (χ2n) is 4.10. The van der Waals surface area contributed by atoms with Crippen LogP contribution in [0.3, 0.4) is 0 Å². The summed E-state index contributed by atoms with van der Waals surface area (Å²) in [4.78, 5) is 6.34. The average Bonchev–Trinajstić information content (AvgIpc) is 2.52. The lowest BCUT2D eigenvalue weighted by atomic mass is 10.1. The predicted molar refractivity (Wildman–Crippen MR) is 57.3 cm³/mol. The highest BCUT2D eigenvalue weighted by Gasteiger charge is 2.23. The first-order valence-corrected chi connectivity index (χ1v) is 5.11. The standard InChI is InChI=1S/C9H17ClN4/c1-9(2,6-10)13(3)5-8-11-7-12-14(8)4/h7H,5-6H2,1-4H3. The summed E-state index contributed by atoms with van der Waals surface area (Å²) in [5.74, 6) is 1.55. The Kier molecular flexibility index (Phi) is 3.50. The van der Waals surface area contributed by atoms with E-state index in [9.17, 15) is 0 Å². The fourth-order valence-corrected chi connectivity index (χ4v) is 1.20. The fourth-order valence-electron chi connectivity index (χ4n) is 0.991. The molecule has 0 atom stereocenters. The van der Waals surface area contributed by atoms with Gasteiger partial charge in [0.25, 0.3) is 0 Å². The fraction of sp³-hybridized carbons (Fsp3) is 0.778. The summed E-state index contributed by atoms with van der Waals surface area (Å²) in [5.41, 5.74) is -0.0203. The first kappa shape index (κ1) is 11.5. The Balaban J connectivity index is 2.66. The van der Waals surface area contributed by atoms with Gasteiger partial charge in [-0.05, 0) is 20.9 Å². The van der Waals surface area contributed by atoms with Gasteiger partial charge < -0.3 is 0 Å². The molecule has 0 bridgehead atoms. The highest BCUT2D eigenvalue weighted by molar-refractivity contribution is 6.18. The van der Waals surface area contributed by atoms with Crippen LogP contribution in [0, 0.1) is 0 Å². The van der Waals surface area contributed by atoms with Gasteiger partial charge in [-0.15, -0.1) is 11.6 Å². The van der Waals surface area contributed by atoms with E-state index in [0.717, 1.165) is 12.4 Å². The number of aryl methyl sites for hydroxylation is 1. The van der Waals surface area contributed by atoms with Crippen molar-refractivity contribution in [3.05, 3.63) is 12.2 Å². The van der Waals surface area contributed by atoms with Crippen molar-refractivity contribution in [3.8, 4) is 0 Å². The molecule has 0 aliphatic rings. The smallest absolute Gasteiger partial charge is 0.140 e. The SMILES string of the molecule is CN(Cc1ncnn1C)C(C)(C)CCl. The molecule has 0 saturated carbocycles. The van der Waals surface area contributed by atoms with Gasteiger partial charge in [-0.3, -0.25) is 9.58 Å². The molecule has 0 aliphatic heterocycles. The molecule has 14 heavy (non-hydrogen) atoms. The summed E-state index contributed by atoms with van der Waals surface area (Å²) in [6.45, 7) is 4.98. The summed E-state index contributed by atoms with van der Waals surface area (Å²) >= 11 is 5.88. The first-order chi connectivity index (χ1) is 6.47. The van der Waals surface area contributed by atoms with Crippen LogP contribution in [0.2, 0.25) is 0 Å². The van der Waals surface area contributed by atoms with E-state index in [1.54, 1.807) is 11.0 Å². The molecule has 0 N–H and O–H groups in total. The van der Waals surface area contributed by atoms with Crippen LogP contribution in [-0.2, 0) is 13.6 Å². The van der Waals surface area contributed by atoms with Crippen LogP contribution >= 0.6 is 11.6 Å². The average molecular weight is 217 g/mol. The van der Waals surface area contributed by atoms with Crippen molar-refractivity contribution in [1.29, 1.82) is 0 Å². The quantitative estimate of drug-likeness (QED) is 0.711. The second-order valence-corrected chi connectivity index (χ2v) is 4.37. The highest BCUT2D eigenvalue weighted by Crippen LogP contribution is 2.15. The maximum atomic E-state index is 5.88. The van der Waals surface area contributed by atoms with Crippen molar-refractivity contribution in [2.45, 2.75) is 25.9 Å². The molecule has 1 aromatic heterocycles. The third-order valence-corrected chi connectivity index (χ3v) is 3.20. The molecule has 80 valence electrons. The zero-order valence-electron chi connectivity index (χ0n) is 9.16. The van der Waals surface area contributed by atoms with Gasteiger partial charge in [0, 0.05) is 18.5 Å². The summed E-state index contributed by atoms with van der Waals surface area (Å²) in [7, 11) is 3.93. The van der Waals surface area contributed by atoms with Crippen molar-refractivity contribution >= 4 is 11.6 Å². The van der Waals surface area contributed by atoms with Gasteiger partial charge in [0.1, 0.15) is 12.2 Å². The Bertz CT molecular complexity index is 295. The van der Waals surface area contributed by atoms with Crippen LogP contribution in [0.1, 0.15) is 19.7 Å². The maximum Gasteiger partial charge on any atom is 0.140 e. The lowest BCUT2D eigenvalue weighted by Gasteiger charge is -2.33. The van der Waals surface area contributed by atoms with Gasteiger partial charge in [0.2, 0.25) is 0 Å². The van der Waals surface area contributed by atoms with E-state index < -0.39 is 0 Å². The molecule has 0 saturated heterocycles. The van der Waals surface area contributed by atoms with Crippen molar-refractivity contribution in [1.82, 2.24) is 19.7 Å². The van der Waals surface area contributed by atoms with Gasteiger partial charge in [-0.25, -0.2) is 4.98 Å². The Labute approximate surface area is 89.9 Å². The Morgan fingerprint density at radius 1 is 1.57 bits per heavy atom. The lowest BCUT2D eigenvalue weighted by Crippen LogP contribution is -2.42. The van der Waals surface area contributed by atoms with Gasteiger partial charge in [0.05, 0.1) is 6.54 Å². The molecule has 0 fully saturated rings. The van der Waals surface area contributed by atoms with E-state index in [4.69, 9.17) is 11.6 Å². The zero-order valence-corrected chi connectivity index (χ0v) is 9.91. The molecule has 1 rings (SSSR count). The van der Waals surface area contributed by atoms with Crippen molar-refractivity contribution in [3.63, 3.8) is 0 Å². The topological polar surface area (TPSA) is 34.0 Å². The van der Waals surface area contributed by atoms with E-state index in [1.807, 2.05) is 14.1 Å². The number of hydrogen-bond donors (Lipinski definition) is 0. The molecule has 0 radical (unpaired) electrons. The maximum absolute atomic E-state index is 5.88. The minimum Gasteiger partial charge on any atom is -0.293 e. The van der Waals surface area contributed by atoms with Crippen LogP contribution in [0.25, 0.3) is 0 Å². The summed E-state index contributed by atoms with van der Waals surface area (Å²) in [5, 5.41) is 4.02. The first-order valence-electron chi connectivity index (χ1n) is 4.57. The lowest BCUT2D eigenvalue weighted by molar-refractivity contribution is 0.164. The zero-order chi connectivity index (χ0) is 10.8. The molecular weight excluding hydrogens is 200 g/mol. The molecule has 1 heterocycles. The van der Waals surface area contributed by atoms with Gasteiger partial charge in [-0.1, -0.05) is 0 Å². The van der Waals surface area contributed by atoms with E-state index in [-0.39, 0.29) is 5.54 Å². The number of alkyl halides is 1. The van der Waals surface area contributed by atoms with Crippen LogP contribution in [0.5, 0.6) is 0 Å². The molecule has 0 unspecified atom stereocenters. The van der Waals surface area contributed by atoms with E-state index in [2.05, 4.69) is 28.8 Å². The van der Waals surface area contributed by atoms with Crippen LogP contribution in [0.4, 0.5) is 0 Å². The number of aromatic nitrogens is 3. The summed E-state index contributed by atoms with van der Waals surface area (Å²) < 4.78 is 1.78. The number of rotatable bonds is 4. The van der Waals surface area contributed by atoms with Crippen LogP contribution in [0.15, 0.2) is 6.33 Å². The number of halogens is 1. The molecule has 0 aromatic carbocycles. The third kappa shape index (κ3) is 2.45. The normalized spacial score (nSPS) is 12.4. The highest BCUT2D eigenvalue weighted by atomic mass is 35.5. The van der Waals surface area contributed by atoms with Crippen molar-refractivity contribution in [2.24, 2.45) is 7.05 Å². The molecule has 5 heteroatoms. The van der Waals surface area contributed by atoms with Crippen LogP contribution < -0.4 is 0 Å².